The second-order valence-electron chi connectivity index (χ2n) is 5.69. The first-order valence-electron chi connectivity index (χ1n) is 8.10. The van der Waals surface area contributed by atoms with Gasteiger partial charge in [0.25, 0.3) is 0 Å². The number of hydrogen-bond donors (Lipinski definition) is 1. The highest BCUT2D eigenvalue weighted by Crippen LogP contribution is 2.29. The summed E-state index contributed by atoms with van der Waals surface area (Å²) in [6, 6.07) is 10.1. The third-order valence-corrected chi connectivity index (χ3v) is 5.90. The molecular weight excluding hydrogens is 342 g/mol. The molecule has 1 aromatic heterocycles. The van der Waals surface area contributed by atoms with Crippen molar-refractivity contribution >= 4 is 29.4 Å². The molecule has 5 nitrogen and oxygen atoms in total. The average molecular weight is 364 g/mol. The van der Waals surface area contributed by atoms with Crippen LogP contribution in [0.1, 0.15) is 36.0 Å². The van der Waals surface area contributed by atoms with Crippen LogP contribution in [0.4, 0.5) is 0 Å². The summed E-state index contributed by atoms with van der Waals surface area (Å²) < 4.78 is 5.25. The van der Waals surface area contributed by atoms with Crippen LogP contribution in [-0.4, -0.2) is 33.3 Å². The van der Waals surface area contributed by atoms with Gasteiger partial charge in [-0.25, -0.2) is 0 Å². The fourth-order valence-electron chi connectivity index (χ4n) is 2.52. The Kier molecular flexibility index (Phi) is 6.60. The van der Waals surface area contributed by atoms with Crippen LogP contribution in [0.25, 0.3) is 0 Å². The number of amides is 1. The largest absolute Gasteiger partial charge is 0.346 e. The molecule has 1 aliphatic rings. The maximum Gasteiger partial charge on any atom is 0.246 e. The van der Waals surface area contributed by atoms with E-state index in [1.165, 1.54) is 5.56 Å². The van der Waals surface area contributed by atoms with E-state index in [4.69, 9.17) is 4.52 Å². The zero-order valence-electron chi connectivity index (χ0n) is 13.4. The van der Waals surface area contributed by atoms with Crippen LogP contribution in [0.2, 0.25) is 0 Å². The van der Waals surface area contributed by atoms with Gasteiger partial charge < -0.3 is 9.84 Å². The van der Waals surface area contributed by atoms with Crippen molar-refractivity contribution < 1.29 is 9.32 Å². The minimum Gasteiger partial charge on any atom is -0.346 e. The molecule has 0 radical (unpaired) electrons. The molecule has 2 aromatic rings. The molecular formula is C17H21N3O2S2. The SMILES string of the molecule is O=C(CSCc1ccccc1)NCc1nc(C2CCSCC2)no1. The molecule has 1 saturated heterocycles. The number of carbonyl (C=O) groups is 1. The van der Waals surface area contributed by atoms with E-state index in [-0.39, 0.29) is 5.91 Å². The Balaban J connectivity index is 1.37. The maximum atomic E-state index is 11.9. The highest BCUT2D eigenvalue weighted by Gasteiger charge is 2.21. The third kappa shape index (κ3) is 5.27. The molecule has 1 fully saturated rings. The van der Waals surface area contributed by atoms with E-state index >= 15 is 0 Å². The van der Waals surface area contributed by atoms with Gasteiger partial charge in [-0.2, -0.15) is 16.7 Å². The average Bonchev–Trinajstić information content (AvgIpc) is 3.11. The number of aromatic nitrogens is 2. The number of thioether (sulfide) groups is 2. The van der Waals surface area contributed by atoms with Crippen LogP contribution in [-0.2, 0) is 17.1 Å². The van der Waals surface area contributed by atoms with Crippen molar-refractivity contribution in [2.75, 3.05) is 17.3 Å². The van der Waals surface area contributed by atoms with Gasteiger partial charge in [-0.15, -0.1) is 11.8 Å². The number of carbonyl (C=O) groups excluding carboxylic acids is 1. The van der Waals surface area contributed by atoms with Crippen molar-refractivity contribution in [3.63, 3.8) is 0 Å². The van der Waals surface area contributed by atoms with E-state index in [0.717, 1.165) is 35.9 Å². The Morgan fingerprint density at radius 1 is 1.29 bits per heavy atom. The van der Waals surface area contributed by atoms with Gasteiger partial charge in [0.1, 0.15) is 0 Å². The van der Waals surface area contributed by atoms with Crippen molar-refractivity contribution in [2.45, 2.75) is 31.1 Å². The molecule has 0 unspecified atom stereocenters. The number of benzene rings is 1. The standard InChI is InChI=1S/C17H21N3O2S2/c21-15(12-24-11-13-4-2-1-3-5-13)18-10-16-19-17(20-22-16)14-6-8-23-9-7-14/h1-5,14H,6-12H2,(H,18,21). The summed E-state index contributed by atoms with van der Waals surface area (Å²) in [7, 11) is 0. The highest BCUT2D eigenvalue weighted by atomic mass is 32.2. The quantitative estimate of drug-likeness (QED) is 0.814. The van der Waals surface area contributed by atoms with Crippen LogP contribution in [0.3, 0.4) is 0 Å². The minimum atomic E-state index is -0.00949. The summed E-state index contributed by atoms with van der Waals surface area (Å²) >= 11 is 3.57. The second-order valence-corrected chi connectivity index (χ2v) is 7.90. The van der Waals surface area contributed by atoms with E-state index in [2.05, 4.69) is 27.6 Å². The molecule has 3 rings (SSSR count). The minimum absolute atomic E-state index is 0.00949. The number of nitrogens with zero attached hydrogens (tertiary/aromatic N) is 2. The van der Waals surface area contributed by atoms with Crippen LogP contribution >= 0.6 is 23.5 Å². The van der Waals surface area contributed by atoms with Crippen molar-refractivity contribution in [3.8, 4) is 0 Å². The fourth-order valence-corrected chi connectivity index (χ4v) is 4.45. The Bertz CT molecular complexity index is 642. The van der Waals surface area contributed by atoms with E-state index in [1.54, 1.807) is 11.8 Å². The Morgan fingerprint density at radius 2 is 2.08 bits per heavy atom. The lowest BCUT2D eigenvalue weighted by Crippen LogP contribution is -2.24. The van der Waals surface area contributed by atoms with Gasteiger partial charge in [0, 0.05) is 11.7 Å². The van der Waals surface area contributed by atoms with E-state index < -0.39 is 0 Å². The molecule has 2 heterocycles. The molecule has 1 aliphatic heterocycles. The summed E-state index contributed by atoms with van der Waals surface area (Å²) in [5, 5.41) is 6.91. The van der Waals surface area contributed by atoms with Crippen molar-refractivity contribution in [1.82, 2.24) is 15.5 Å². The summed E-state index contributed by atoms with van der Waals surface area (Å²) in [6.45, 7) is 0.305. The molecule has 7 heteroatoms. The van der Waals surface area contributed by atoms with Gasteiger partial charge >= 0.3 is 0 Å². The van der Waals surface area contributed by atoms with Crippen LogP contribution in [0.15, 0.2) is 34.9 Å². The predicted molar refractivity (Wildman–Crippen MR) is 98.0 cm³/mol. The number of nitrogens with one attached hydrogen (secondary N) is 1. The summed E-state index contributed by atoms with van der Waals surface area (Å²) in [4.78, 5) is 16.3. The van der Waals surface area contributed by atoms with Crippen molar-refractivity contribution in [2.24, 2.45) is 0 Å². The lowest BCUT2D eigenvalue weighted by Gasteiger charge is -2.17. The van der Waals surface area contributed by atoms with Crippen molar-refractivity contribution in [3.05, 3.63) is 47.6 Å². The predicted octanol–water partition coefficient (Wildman–Crippen LogP) is 3.23. The maximum absolute atomic E-state index is 11.9. The molecule has 0 saturated carbocycles. The smallest absolute Gasteiger partial charge is 0.246 e. The fraction of sp³-hybridized carbons (Fsp3) is 0.471. The molecule has 24 heavy (non-hydrogen) atoms. The van der Waals surface area contributed by atoms with Crippen LogP contribution < -0.4 is 5.32 Å². The number of hydrogen-bond acceptors (Lipinski definition) is 6. The third-order valence-electron chi connectivity index (χ3n) is 3.85. The van der Waals surface area contributed by atoms with E-state index in [9.17, 15) is 4.79 Å². The topological polar surface area (TPSA) is 68.0 Å². The second kappa shape index (κ2) is 9.13. The first-order valence-corrected chi connectivity index (χ1v) is 10.4. The van der Waals surface area contributed by atoms with Crippen LogP contribution in [0.5, 0.6) is 0 Å². The summed E-state index contributed by atoms with van der Waals surface area (Å²) in [5.74, 6) is 5.25. The zero-order chi connectivity index (χ0) is 16.6. The van der Waals surface area contributed by atoms with Gasteiger partial charge in [-0.05, 0) is 29.9 Å². The van der Waals surface area contributed by atoms with Gasteiger partial charge in [0.15, 0.2) is 5.82 Å². The molecule has 0 bridgehead atoms. The summed E-state index contributed by atoms with van der Waals surface area (Å²) in [6.07, 6.45) is 2.21. The molecule has 1 N–H and O–H groups in total. The highest BCUT2D eigenvalue weighted by molar-refractivity contribution is 7.99. The molecule has 0 aliphatic carbocycles. The molecule has 0 spiro atoms. The van der Waals surface area contributed by atoms with Gasteiger partial charge in [0.05, 0.1) is 12.3 Å². The van der Waals surface area contributed by atoms with E-state index in [0.29, 0.717) is 24.1 Å². The Morgan fingerprint density at radius 3 is 2.88 bits per heavy atom. The molecule has 1 aromatic carbocycles. The molecule has 0 atom stereocenters. The Hall–Kier alpha value is -1.47. The first kappa shape index (κ1) is 17.4. The first-order chi connectivity index (χ1) is 11.8. The Labute approximate surface area is 150 Å². The number of rotatable bonds is 7. The molecule has 1 amide bonds. The van der Waals surface area contributed by atoms with E-state index in [1.807, 2.05) is 30.0 Å². The summed E-state index contributed by atoms with van der Waals surface area (Å²) in [5.41, 5.74) is 1.22. The van der Waals surface area contributed by atoms with Gasteiger partial charge in [-0.3, -0.25) is 4.79 Å². The van der Waals surface area contributed by atoms with Gasteiger partial charge in [-0.1, -0.05) is 35.5 Å². The lowest BCUT2D eigenvalue weighted by atomic mass is 10.0. The zero-order valence-corrected chi connectivity index (χ0v) is 15.1. The van der Waals surface area contributed by atoms with Crippen molar-refractivity contribution in [1.29, 1.82) is 0 Å². The lowest BCUT2D eigenvalue weighted by molar-refractivity contribution is -0.118. The molecule has 128 valence electrons. The van der Waals surface area contributed by atoms with Gasteiger partial charge in [0.2, 0.25) is 11.8 Å². The van der Waals surface area contributed by atoms with Crippen LogP contribution in [0, 0.1) is 0 Å². The monoisotopic (exact) mass is 363 g/mol. The normalized spacial score (nSPS) is 15.3.